The van der Waals surface area contributed by atoms with E-state index in [0.29, 0.717) is 21.4 Å². The molecule has 0 radical (unpaired) electrons. The van der Waals surface area contributed by atoms with Gasteiger partial charge in [-0.25, -0.2) is 0 Å². The van der Waals surface area contributed by atoms with E-state index in [-0.39, 0.29) is 6.42 Å². The van der Waals surface area contributed by atoms with E-state index in [4.69, 9.17) is 23.2 Å². The number of benzene rings is 2. The molecule has 25 heavy (non-hydrogen) atoms. The van der Waals surface area contributed by atoms with Gasteiger partial charge in [-0.2, -0.15) is 8.42 Å². The zero-order chi connectivity index (χ0) is 18.6. The molecule has 0 saturated carbocycles. The molecule has 3 N–H and O–H groups in total. The van der Waals surface area contributed by atoms with Crippen LogP contribution in [0.5, 0.6) is 0 Å². The topological polar surface area (TPSA) is 78.4 Å². The van der Waals surface area contributed by atoms with Crippen LogP contribution in [-0.4, -0.2) is 24.4 Å². The van der Waals surface area contributed by atoms with Gasteiger partial charge in [0.05, 0.1) is 10.7 Å². The molecule has 0 bridgehead atoms. The minimum Gasteiger partial charge on any atom is -0.364 e. The first-order chi connectivity index (χ1) is 11.7. The Balaban J connectivity index is 2.37. The molecule has 0 aromatic heterocycles. The van der Waals surface area contributed by atoms with E-state index >= 15 is 0 Å². The summed E-state index contributed by atoms with van der Waals surface area (Å²) in [6, 6.07) is 12.0. The third-order valence-corrected chi connectivity index (χ3v) is 6.03. The van der Waals surface area contributed by atoms with Crippen molar-refractivity contribution in [1.29, 1.82) is 0 Å². The molecule has 2 aromatic rings. The predicted molar refractivity (Wildman–Crippen MR) is 107 cm³/mol. The Morgan fingerprint density at radius 3 is 2.32 bits per heavy atom. The van der Waals surface area contributed by atoms with Crippen molar-refractivity contribution < 1.29 is 13.0 Å². The van der Waals surface area contributed by atoms with E-state index in [0.717, 1.165) is 4.47 Å². The van der Waals surface area contributed by atoms with E-state index in [1.54, 1.807) is 37.3 Å². The van der Waals surface area contributed by atoms with Gasteiger partial charge in [0.25, 0.3) is 10.1 Å². The molecule has 0 saturated heterocycles. The summed E-state index contributed by atoms with van der Waals surface area (Å²) in [4.78, 5) is 0. The highest BCUT2D eigenvalue weighted by atomic mass is 79.9. The molecule has 9 heteroatoms. The molecule has 0 heterocycles. The van der Waals surface area contributed by atoms with Gasteiger partial charge in [-0.1, -0.05) is 46.1 Å². The number of halogens is 3. The molecule has 2 atom stereocenters. The first kappa shape index (κ1) is 20.3. The minimum absolute atomic E-state index is 0.193. The van der Waals surface area contributed by atoms with E-state index in [9.17, 15) is 13.0 Å². The first-order valence-electron chi connectivity index (χ1n) is 7.40. The normalized spacial score (nSPS) is 14.0. The number of rotatable bonds is 7. The molecular weight excluding hydrogens is 451 g/mol. The second-order valence-corrected chi connectivity index (χ2v) is 8.75. The predicted octanol–water partition coefficient (Wildman–Crippen LogP) is 5.27. The van der Waals surface area contributed by atoms with Crippen molar-refractivity contribution in [1.82, 2.24) is 0 Å². The molecule has 0 aliphatic carbocycles. The van der Waals surface area contributed by atoms with Crippen molar-refractivity contribution in [3.8, 4) is 0 Å². The maximum Gasteiger partial charge on any atom is 0.271 e. The third-order valence-electron chi connectivity index (χ3n) is 3.56. The molecule has 0 amide bonds. The minimum atomic E-state index is -4.30. The highest BCUT2D eigenvalue weighted by Crippen LogP contribution is 2.28. The van der Waals surface area contributed by atoms with E-state index in [2.05, 4.69) is 26.6 Å². The molecular formula is C16H17BrCl2N2O3S. The van der Waals surface area contributed by atoms with Gasteiger partial charge in [-0.05, 0) is 48.9 Å². The quantitative estimate of drug-likeness (QED) is 0.381. The van der Waals surface area contributed by atoms with Crippen LogP contribution in [0.15, 0.2) is 46.9 Å². The van der Waals surface area contributed by atoms with Gasteiger partial charge in [-0.3, -0.25) is 4.55 Å². The number of hydrogen-bond donors (Lipinski definition) is 3. The molecule has 2 rings (SSSR count). The maximum atomic E-state index is 11.8. The molecule has 0 fully saturated rings. The average Bonchev–Trinajstić information content (AvgIpc) is 2.52. The SMILES string of the molecule is CCC(C(Nc1ccc(Br)cc1)Nc1cc(Cl)ccc1Cl)S(=O)(=O)O. The van der Waals surface area contributed by atoms with Crippen molar-refractivity contribution in [2.45, 2.75) is 24.8 Å². The van der Waals surface area contributed by atoms with Crippen molar-refractivity contribution >= 4 is 60.6 Å². The van der Waals surface area contributed by atoms with Crippen LogP contribution in [0, 0.1) is 0 Å². The second kappa shape index (κ2) is 8.60. The van der Waals surface area contributed by atoms with E-state index in [1.165, 1.54) is 0 Å². The van der Waals surface area contributed by atoms with Crippen LogP contribution in [0.4, 0.5) is 11.4 Å². The standard InChI is InChI=1S/C16H17BrCl2N2O3S/c1-2-15(25(22,23)24)16(20-12-6-3-10(17)4-7-12)21-14-9-11(18)5-8-13(14)19/h3-9,15-16,20-21H,2H2,1H3,(H,22,23,24). The van der Waals surface area contributed by atoms with Crippen LogP contribution in [0.2, 0.25) is 10.0 Å². The van der Waals surface area contributed by atoms with Crippen LogP contribution < -0.4 is 10.6 Å². The Morgan fingerprint density at radius 1 is 1.12 bits per heavy atom. The van der Waals surface area contributed by atoms with Crippen LogP contribution >= 0.6 is 39.1 Å². The van der Waals surface area contributed by atoms with Gasteiger partial charge in [0, 0.05) is 15.2 Å². The zero-order valence-electron chi connectivity index (χ0n) is 13.2. The molecule has 5 nitrogen and oxygen atoms in total. The summed E-state index contributed by atoms with van der Waals surface area (Å²) in [5, 5.41) is 5.86. The monoisotopic (exact) mass is 466 g/mol. The lowest BCUT2D eigenvalue weighted by atomic mass is 10.2. The summed E-state index contributed by atoms with van der Waals surface area (Å²) in [5.41, 5.74) is 1.15. The highest BCUT2D eigenvalue weighted by molar-refractivity contribution is 9.10. The Morgan fingerprint density at radius 2 is 1.76 bits per heavy atom. The molecule has 2 unspecified atom stereocenters. The highest BCUT2D eigenvalue weighted by Gasteiger charge is 2.31. The Labute approximate surface area is 165 Å². The smallest absolute Gasteiger partial charge is 0.271 e. The summed E-state index contributed by atoms with van der Waals surface area (Å²) in [6.45, 7) is 1.68. The fourth-order valence-electron chi connectivity index (χ4n) is 2.34. The van der Waals surface area contributed by atoms with Crippen LogP contribution in [0.25, 0.3) is 0 Å². The van der Waals surface area contributed by atoms with Crippen molar-refractivity contribution in [3.05, 3.63) is 57.0 Å². The number of nitrogens with one attached hydrogen (secondary N) is 2. The summed E-state index contributed by atoms with van der Waals surface area (Å²) < 4.78 is 34.1. The maximum absolute atomic E-state index is 11.8. The summed E-state index contributed by atoms with van der Waals surface area (Å²) in [7, 11) is -4.30. The van der Waals surface area contributed by atoms with Gasteiger partial charge in [0.2, 0.25) is 0 Å². The number of anilines is 2. The molecule has 0 spiro atoms. The van der Waals surface area contributed by atoms with Crippen LogP contribution in [0.3, 0.4) is 0 Å². The van der Waals surface area contributed by atoms with Gasteiger partial charge >= 0.3 is 0 Å². The fourth-order valence-corrected chi connectivity index (χ4v) is 3.85. The largest absolute Gasteiger partial charge is 0.364 e. The van der Waals surface area contributed by atoms with Gasteiger partial charge in [0.15, 0.2) is 0 Å². The summed E-state index contributed by atoms with van der Waals surface area (Å²) in [6.07, 6.45) is -0.629. The molecule has 0 aliphatic rings. The average molecular weight is 468 g/mol. The van der Waals surface area contributed by atoms with Crippen molar-refractivity contribution in [2.75, 3.05) is 10.6 Å². The van der Waals surface area contributed by atoms with Crippen molar-refractivity contribution in [3.63, 3.8) is 0 Å². The van der Waals surface area contributed by atoms with Crippen LogP contribution in [0.1, 0.15) is 13.3 Å². The zero-order valence-corrected chi connectivity index (χ0v) is 17.1. The Kier molecular flexibility index (Phi) is 6.99. The fraction of sp³-hybridized carbons (Fsp3) is 0.250. The van der Waals surface area contributed by atoms with Gasteiger partial charge in [-0.15, -0.1) is 0 Å². The first-order valence-corrected chi connectivity index (χ1v) is 10.5. The Hall–Kier alpha value is -0.990. The van der Waals surface area contributed by atoms with E-state index in [1.807, 2.05) is 12.1 Å². The van der Waals surface area contributed by atoms with Crippen LogP contribution in [-0.2, 0) is 10.1 Å². The van der Waals surface area contributed by atoms with Crippen molar-refractivity contribution in [2.24, 2.45) is 0 Å². The van der Waals surface area contributed by atoms with Gasteiger partial charge < -0.3 is 10.6 Å². The Bertz CT molecular complexity index is 832. The lowest BCUT2D eigenvalue weighted by molar-refractivity contribution is 0.457. The molecule has 0 aliphatic heterocycles. The molecule has 136 valence electrons. The van der Waals surface area contributed by atoms with E-state index < -0.39 is 21.5 Å². The summed E-state index contributed by atoms with van der Waals surface area (Å²) in [5.74, 6) is 0. The lowest BCUT2D eigenvalue weighted by Crippen LogP contribution is -2.44. The third kappa shape index (κ3) is 5.76. The number of hydrogen-bond acceptors (Lipinski definition) is 4. The lowest BCUT2D eigenvalue weighted by Gasteiger charge is -2.28. The second-order valence-electron chi connectivity index (χ2n) is 5.36. The summed E-state index contributed by atoms with van der Waals surface area (Å²) >= 11 is 15.5. The van der Waals surface area contributed by atoms with Gasteiger partial charge in [0.1, 0.15) is 11.4 Å². The molecule has 2 aromatic carbocycles.